The molecule has 1 unspecified atom stereocenters. The Bertz CT molecular complexity index is 1460. The first kappa shape index (κ1) is 25.1. The summed E-state index contributed by atoms with van der Waals surface area (Å²) in [6.45, 7) is 11.9. The van der Waals surface area contributed by atoms with Crippen molar-refractivity contribution in [1.82, 2.24) is 0 Å². The maximum atomic E-state index is 9.49. The van der Waals surface area contributed by atoms with Crippen molar-refractivity contribution < 1.29 is 4.74 Å². The van der Waals surface area contributed by atoms with Crippen LogP contribution in [0.25, 0.3) is 10.4 Å². The van der Waals surface area contributed by atoms with Gasteiger partial charge in [-0.1, -0.05) is 62.4 Å². The topological polar surface area (TPSA) is 40.6 Å². The Morgan fingerprint density at radius 3 is 2.21 bits per heavy atom. The van der Waals surface area contributed by atoms with Crippen molar-refractivity contribution in [2.24, 2.45) is 11.3 Å². The molecule has 4 heteroatoms. The zero-order valence-corrected chi connectivity index (χ0v) is 22.1. The maximum absolute atomic E-state index is 9.49. The Labute approximate surface area is 225 Å². The van der Waals surface area contributed by atoms with E-state index in [1.54, 1.807) is 7.11 Å². The highest BCUT2D eigenvalue weighted by molar-refractivity contribution is 5.81. The van der Waals surface area contributed by atoms with Crippen LogP contribution in [0.4, 0.5) is 17.1 Å². The van der Waals surface area contributed by atoms with E-state index in [-0.39, 0.29) is 11.1 Å². The van der Waals surface area contributed by atoms with Crippen molar-refractivity contribution in [3.8, 4) is 11.8 Å². The van der Waals surface area contributed by atoms with E-state index in [0.29, 0.717) is 5.92 Å². The van der Waals surface area contributed by atoms with Crippen LogP contribution >= 0.6 is 0 Å². The standard InChI is InChI=1S/C34H31N3O/c1-34(2)22-26(32(23-35)36-3)20-25-19-24(15-18-31(25)34)30-17-16-29(21-33(30)38-4)37(27-11-7-5-8-12-27)28-13-9-6-10-14-28/h5-14,16-17,19-21,31H,15,18,22H2,1-2,4H3/b32-26+. The molecule has 5 rings (SSSR count). The van der Waals surface area contributed by atoms with E-state index < -0.39 is 0 Å². The minimum Gasteiger partial charge on any atom is -0.496 e. The lowest BCUT2D eigenvalue weighted by atomic mass is 9.62. The van der Waals surface area contributed by atoms with Gasteiger partial charge in [-0.25, -0.2) is 10.1 Å². The largest absolute Gasteiger partial charge is 0.496 e. The highest BCUT2D eigenvalue weighted by Crippen LogP contribution is 2.51. The van der Waals surface area contributed by atoms with Gasteiger partial charge in [0.2, 0.25) is 0 Å². The predicted octanol–water partition coefficient (Wildman–Crippen LogP) is 9.01. The molecule has 4 nitrogen and oxygen atoms in total. The summed E-state index contributed by atoms with van der Waals surface area (Å²) < 4.78 is 5.95. The smallest absolute Gasteiger partial charge is 0.265 e. The van der Waals surface area contributed by atoms with Crippen LogP contribution in [0.2, 0.25) is 0 Å². The third-order valence-corrected chi connectivity index (χ3v) is 7.72. The van der Waals surface area contributed by atoms with Crippen LogP contribution in [-0.4, -0.2) is 7.11 Å². The number of ether oxygens (including phenoxy) is 1. The van der Waals surface area contributed by atoms with Crippen LogP contribution in [0.5, 0.6) is 5.75 Å². The van der Waals surface area contributed by atoms with E-state index in [9.17, 15) is 5.26 Å². The van der Waals surface area contributed by atoms with Gasteiger partial charge in [-0.3, -0.25) is 0 Å². The average molecular weight is 498 g/mol. The molecule has 0 spiro atoms. The number of allylic oxidation sites excluding steroid dienone is 6. The second-order valence-electron chi connectivity index (χ2n) is 10.6. The molecular formula is C34H31N3O. The first-order valence-corrected chi connectivity index (χ1v) is 13.0. The highest BCUT2D eigenvalue weighted by Gasteiger charge is 2.38. The number of para-hydroxylation sites is 2. The zero-order chi connectivity index (χ0) is 26.7. The van der Waals surface area contributed by atoms with Crippen molar-refractivity contribution in [2.75, 3.05) is 12.0 Å². The zero-order valence-electron chi connectivity index (χ0n) is 22.1. The average Bonchev–Trinajstić information content (AvgIpc) is 2.94. The SMILES string of the molecule is [C-]#[N+]/C(C#N)=C1\C=C2C=C(c3ccc(N(c4ccccc4)c4ccccc4)cc3OC)CCC2C(C)(C)C1. The van der Waals surface area contributed by atoms with Gasteiger partial charge in [0.1, 0.15) is 5.75 Å². The lowest BCUT2D eigenvalue weighted by Gasteiger charge is -2.42. The second kappa shape index (κ2) is 10.4. The first-order chi connectivity index (χ1) is 18.4. The van der Waals surface area contributed by atoms with Crippen LogP contribution in [0.15, 0.2) is 108 Å². The van der Waals surface area contributed by atoms with Gasteiger partial charge < -0.3 is 9.64 Å². The van der Waals surface area contributed by atoms with Crippen molar-refractivity contribution >= 4 is 22.6 Å². The van der Waals surface area contributed by atoms with E-state index in [2.05, 4.69) is 84.3 Å². The predicted molar refractivity (Wildman–Crippen MR) is 154 cm³/mol. The number of hydrogen-bond donors (Lipinski definition) is 0. The van der Waals surface area contributed by atoms with Gasteiger partial charge in [0.05, 0.1) is 19.8 Å². The van der Waals surface area contributed by atoms with Crippen LogP contribution < -0.4 is 9.64 Å². The molecule has 0 aromatic heterocycles. The molecule has 0 radical (unpaired) electrons. The number of nitriles is 1. The van der Waals surface area contributed by atoms with Crippen LogP contribution in [-0.2, 0) is 0 Å². The normalized spacial score (nSPS) is 19.1. The number of hydrogen-bond acceptors (Lipinski definition) is 3. The molecule has 1 atom stereocenters. The summed E-state index contributed by atoms with van der Waals surface area (Å²) >= 11 is 0. The Morgan fingerprint density at radius 1 is 0.974 bits per heavy atom. The molecule has 38 heavy (non-hydrogen) atoms. The Morgan fingerprint density at radius 2 is 1.63 bits per heavy atom. The minimum atomic E-state index is -0.00590. The summed E-state index contributed by atoms with van der Waals surface area (Å²) in [5.74, 6) is 1.23. The molecule has 0 bridgehead atoms. The van der Waals surface area contributed by atoms with Gasteiger partial charge in [0, 0.05) is 28.7 Å². The summed E-state index contributed by atoms with van der Waals surface area (Å²) in [7, 11) is 1.73. The molecule has 2 aliphatic rings. The molecule has 0 N–H and O–H groups in total. The number of methoxy groups -OCH3 is 1. The molecule has 3 aromatic rings. The Balaban J connectivity index is 1.58. The second-order valence-corrected chi connectivity index (χ2v) is 10.6. The molecule has 0 saturated carbocycles. The van der Waals surface area contributed by atoms with Crippen LogP contribution in [0, 0.1) is 29.2 Å². The molecule has 0 fully saturated rings. The van der Waals surface area contributed by atoms with E-state index in [0.717, 1.165) is 53.2 Å². The van der Waals surface area contributed by atoms with E-state index in [1.807, 2.05) is 36.4 Å². The summed E-state index contributed by atoms with van der Waals surface area (Å²) in [5, 5.41) is 9.49. The van der Waals surface area contributed by atoms with E-state index in [4.69, 9.17) is 11.3 Å². The van der Waals surface area contributed by atoms with Crippen LogP contribution in [0.1, 0.15) is 38.7 Å². The fraction of sp³-hybridized carbons (Fsp3) is 0.235. The minimum absolute atomic E-state index is 0.00590. The van der Waals surface area contributed by atoms with Crippen molar-refractivity contribution in [3.63, 3.8) is 0 Å². The third kappa shape index (κ3) is 4.74. The molecule has 2 aliphatic carbocycles. The fourth-order valence-corrected chi connectivity index (χ4v) is 5.91. The van der Waals surface area contributed by atoms with Gasteiger partial charge in [-0.2, -0.15) is 0 Å². The van der Waals surface area contributed by atoms with Gasteiger partial charge in [-0.15, -0.1) is 0 Å². The lowest BCUT2D eigenvalue weighted by molar-refractivity contribution is 0.227. The fourth-order valence-electron chi connectivity index (χ4n) is 5.91. The summed E-state index contributed by atoms with van der Waals surface area (Å²) in [6.07, 6.45) is 7.08. The summed E-state index contributed by atoms with van der Waals surface area (Å²) in [5.41, 5.74) is 7.73. The quantitative estimate of drug-likeness (QED) is 0.261. The maximum Gasteiger partial charge on any atom is 0.265 e. The van der Waals surface area contributed by atoms with E-state index >= 15 is 0 Å². The number of nitrogens with zero attached hydrogens (tertiary/aromatic N) is 3. The number of benzene rings is 3. The third-order valence-electron chi connectivity index (χ3n) is 7.72. The summed E-state index contributed by atoms with van der Waals surface area (Å²) in [4.78, 5) is 5.72. The van der Waals surface area contributed by atoms with Crippen LogP contribution in [0.3, 0.4) is 0 Å². The molecule has 188 valence electrons. The Kier molecular flexibility index (Phi) is 6.91. The molecule has 0 amide bonds. The van der Waals surface area contributed by atoms with Crippen molar-refractivity contribution in [1.29, 1.82) is 5.26 Å². The lowest BCUT2D eigenvalue weighted by Crippen LogP contribution is -2.31. The first-order valence-electron chi connectivity index (χ1n) is 13.0. The molecular weight excluding hydrogens is 466 g/mol. The van der Waals surface area contributed by atoms with Gasteiger partial charge in [-0.05, 0) is 83.7 Å². The van der Waals surface area contributed by atoms with Crippen molar-refractivity contribution in [2.45, 2.75) is 33.1 Å². The molecule has 3 aromatic carbocycles. The van der Waals surface area contributed by atoms with Gasteiger partial charge in [0.25, 0.3) is 5.70 Å². The molecule has 0 saturated heterocycles. The summed E-state index contributed by atoms with van der Waals surface area (Å²) in [6, 6.07) is 29.2. The van der Waals surface area contributed by atoms with Gasteiger partial charge in [0.15, 0.2) is 0 Å². The van der Waals surface area contributed by atoms with Crippen molar-refractivity contribution in [3.05, 3.63) is 125 Å². The highest BCUT2D eigenvalue weighted by atomic mass is 16.5. The van der Waals surface area contributed by atoms with E-state index in [1.165, 1.54) is 11.1 Å². The monoisotopic (exact) mass is 497 g/mol. The number of fused-ring (bicyclic) bond motifs is 1. The molecule has 0 aliphatic heterocycles. The number of anilines is 3. The number of rotatable bonds is 5. The Hall–Kier alpha value is -4.54. The molecule has 0 heterocycles. The van der Waals surface area contributed by atoms with Gasteiger partial charge >= 0.3 is 0 Å².